The van der Waals surface area contributed by atoms with Gasteiger partial charge in [0.15, 0.2) is 0 Å². The van der Waals surface area contributed by atoms with Crippen LogP contribution in [-0.2, 0) is 4.79 Å². The maximum absolute atomic E-state index is 12.5. The predicted molar refractivity (Wildman–Crippen MR) is 92.3 cm³/mol. The smallest absolute Gasteiger partial charge is 0.343 e. The van der Waals surface area contributed by atoms with Gasteiger partial charge in [0.25, 0.3) is 0 Å². The normalized spacial score (nSPS) is 16.4. The number of fused-ring (bicyclic) bond motifs is 2. The Bertz CT molecular complexity index is 1050. The zero-order valence-corrected chi connectivity index (χ0v) is 13.9. The maximum Gasteiger partial charge on any atom is 0.343 e. The van der Waals surface area contributed by atoms with Crippen molar-refractivity contribution in [3.63, 3.8) is 0 Å². The molecular weight excluding hydrogens is 320 g/mol. The quantitative estimate of drug-likeness (QED) is 0.670. The summed E-state index contributed by atoms with van der Waals surface area (Å²) in [6.45, 7) is 1.65. The largest absolute Gasteiger partial charge is 0.496 e. The molecule has 2 aromatic carbocycles. The summed E-state index contributed by atoms with van der Waals surface area (Å²) in [5.74, 6) is 0.673. The Hall–Kier alpha value is -3.08. The van der Waals surface area contributed by atoms with Crippen molar-refractivity contribution in [2.75, 3.05) is 7.11 Å². The molecule has 2 heterocycles. The first-order chi connectivity index (χ1) is 12.1. The summed E-state index contributed by atoms with van der Waals surface area (Å²) in [6.07, 6.45) is 0.0944. The van der Waals surface area contributed by atoms with Gasteiger partial charge in [-0.05, 0) is 23.9 Å². The molecule has 1 aliphatic rings. The summed E-state index contributed by atoms with van der Waals surface area (Å²) in [4.78, 5) is 24.6. The Balaban J connectivity index is 2.00. The average Bonchev–Trinajstić information content (AvgIpc) is 2.59. The van der Waals surface area contributed by atoms with Crippen LogP contribution in [0.4, 0.5) is 0 Å². The van der Waals surface area contributed by atoms with E-state index in [0.717, 1.165) is 22.1 Å². The van der Waals surface area contributed by atoms with Crippen LogP contribution in [-0.4, -0.2) is 13.1 Å². The van der Waals surface area contributed by atoms with Gasteiger partial charge in [0.05, 0.1) is 19.1 Å². The van der Waals surface area contributed by atoms with Crippen LogP contribution in [0.1, 0.15) is 29.2 Å². The molecule has 0 amide bonds. The number of benzene rings is 2. The van der Waals surface area contributed by atoms with Crippen molar-refractivity contribution < 1.29 is 18.7 Å². The highest BCUT2D eigenvalue weighted by Gasteiger charge is 2.33. The first kappa shape index (κ1) is 15.4. The number of aryl methyl sites for hydroxylation is 1. The predicted octanol–water partition coefficient (Wildman–Crippen LogP) is 3.55. The van der Waals surface area contributed by atoms with Crippen molar-refractivity contribution in [3.8, 4) is 11.5 Å². The Kier molecular flexibility index (Phi) is 3.57. The van der Waals surface area contributed by atoms with E-state index in [1.807, 2.05) is 36.4 Å². The highest BCUT2D eigenvalue weighted by molar-refractivity contribution is 5.92. The molecule has 0 radical (unpaired) electrons. The Morgan fingerprint density at radius 2 is 1.84 bits per heavy atom. The van der Waals surface area contributed by atoms with E-state index in [1.165, 1.54) is 0 Å². The Morgan fingerprint density at radius 3 is 2.60 bits per heavy atom. The molecule has 0 saturated heterocycles. The van der Waals surface area contributed by atoms with Gasteiger partial charge in [-0.15, -0.1) is 0 Å². The lowest BCUT2D eigenvalue weighted by atomic mass is 9.84. The highest BCUT2D eigenvalue weighted by Crippen LogP contribution is 2.41. The van der Waals surface area contributed by atoms with Gasteiger partial charge in [-0.1, -0.05) is 30.3 Å². The molecule has 0 N–H and O–H groups in total. The molecule has 3 aromatic rings. The van der Waals surface area contributed by atoms with Crippen LogP contribution in [0.3, 0.4) is 0 Å². The lowest BCUT2D eigenvalue weighted by molar-refractivity contribution is -0.135. The molecule has 4 rings (SSSR count). The SMILES string of the molecule is COc1ccc([C@H]2CC(=O)Oc3cc(C)oc(=O)c32)c2ccccc12. The number of carbonyl (C=O) groups excluding carboxylic acids is 1. The van der Waals surface area contributed by atoms with E-state index in [2.05, 4.69) is 0 Å². The van der Waals surface area contributed by atoms with Crippen LogP contribution in [0, 0.1) is 6.92 Å². The van der Waals surface area contributed by atoms with E-state index in [-0.39, 0.29) is 18.1 Å². The molecule has 5 heteroatoms. The minimum atomic E-state index is -0.465. The Morgan fingerprint density at radius 1 is 1.08 bits per heavy atom. The topological polar surface area (TPSA) is 65.7 Å². The summed E-state index contributed by atoms with van der Waals surface area (Å²) in [6, 6.07) is 13.1. The van der Waals surface area contributed by atoms with E-state index in [0.29, 0.717) is 11.3 Å². The first-order valence-electron chi connectivity index (χ1n) is 7.99. The third-order valence-corrected chi connectivity index (χ3v) is 4.53. The van der Waals surface area contributed by atoms with Gasteiger partial charge in [0.1, 0.15) is 17.3 Å². The number of carbonyl (C=O) groups is 1. The van der Waals surface area contributed by atoms with Crippen LogP contribution in [0.5, 0.6) is 11.5 Å². The minimum absolute atomic E-state index is 0.0944. The van der Waals surface area contributed by atoms with Crippen molar-refractivity contribution >= 4 is 16.7 Å². The fraction of sp³-hybridized carbons (Fsp3) is 0.200. The Labute approximate surface area is 143 Å². The van der Waals surface area contributed by atoms with Crippen LogP contribution in [0.2, 0.25) is 0 Å². The fourth-order valence-electron chi connectivity index (χ4n) is 3.47. The minimum Gasteiger partial charge on any atom is -0.496 e. The lowest BCUT2D eigenvalue weighted by Gasteiger charge is -2.25. The van der Waals surface area contributed by atoms with E-state index in [4.69, 9.17) is 13.9 Å². The summed E-state index contributed by atoms with van der Waals surface area (Å²) in [5, 5.41) is 1.87. The number of ether oxygens (including phenoxy) is 2. The molecule has 0 fully saturated rings. The molecule has 5 nitrogen and oxygen atoms in total. The van der Waals surface area contributed by atoms with Gasteiger partial charge in [-0.3, -0.25) is 4.79 Å². The van der Waals surface area contributed by atoms with Crippen LogP contribution in [0.15, 0.2) is 51.7 Å². The van der Waals surface area contributed by atoms with Crippen molar-refractivity contribution in [3.05, 3.63) is 69.8 Å². The zero-order chi connectivity index (χ0) is 17.6. The standard InChI is InChI=1S/C20H16O5/c1-11-9-17-19(20(22)24-11)15(10-18(21)25-17)13-7-8-16(23-2)14-6-4-3-5-12(13)14/h3-9,15H,10H2,1-2H3/t15-/m1/s1. The van der Waals surface area contributed by atoms with E-state index in [1.54, 1.807) is 20.1 Å². The number of methoxy groups -OCH3 is 1. The van der Waals surface area contributed by atoms with E-state index in [9.17, 15) is 9.59 Å². The number of esters is 1. The molecule has 0 unspecified atom stereocenters. The second-order valence-corrected chi connectivity index (χ2v) is 6.06. The number of hydrogen-bond acceptors (Lipinski definition) is 5. The molecule has 1 atom stereocenters. The summed E-state index contributed by atoms with van der Waals surface area (Å²) in [5.41, 5.74) is 0.804. The second-order valence-electron chi connectivity index (χ2n) is 6.06. The van der Waals surface area contributed by atoms with Crippen molar-refractivity contribution in [1.29, 1.82) is 0 Å². The van der Waals surface area contributed by atoms with Gasteiger partial charge < -0.3 is 13.9 Å². The molecule has 0 aliphatic carbocycles. The zero-order valence-electron chi connectivity index (χ0n) is 13.9. The van der Waals surface area contributed by atoms with Crippen molar-refractivity contribution in [2.24, 2.45) is 0 Å². The summed E-state index contributed by atoms with van der Waals surface area (Å²) < 4.78 is 16.0. The number of rotatable bonds is 2. The number of hydrogen-bond donors (Lipinski definition) is 0. The third kappa shape index (κ3) is 2.48. The van der Waals surface area contributed by atoms with Gasteiger partial charge in [0, 0.05) is 17.4 Å². The molecule has 0 spiro atoms. The molecule has 1 aromatic heterocycles. The van der Waals surface area contributed by atoms with Gasteiger partial charge >= 0.3 is 11.6 Å². The van der Waals surface area contributed by atoms with Gasteiger partial charge in [-0.25, -0.2) is 4.79 Å². The first-order valence-corrected chi connectivity index (χ1v) is 7.99. The average molecular weight is 336 g/mol. The fourth-order valence-corrected chi connectivity index (χ4v) is 3.47. The molecular formula is C20H16O5. The molecule has 1 aliphatic heterocycles. The summed E-state index contributed by atoms with van der Waals surface area (Å²) in [7, 11) is 1.62. The lowest BCUT2D eigenvalue weighted by Crippen LogP contribution is -2.26. The molecule has 25 heavy (non-hydrogen) atoms. The third-order valence-electron chi connectivity index (χ3n) is 4.53. The van der Waals surface area contributed by atoms with Crippen molar-refractivity contribution in [2.45, 2.75) is 19.3 Å². The molecule has 0 saturated carbocycles. The van der Waals surface area contributed by atoms with Crippen LogP contribution in [0.25, 0.3) is 10.8 Å². The second kappa shape index (κ2) is 5.77. The van der Waals surface area contributed by atoms with E-state index < -0.39 is 11.5 Å². The maximum atomic E-state index is 12.5. The molecule has 126 valence electrons. The monoisotopic (exact) mass is 336 g/mol. The van der Waals surface area contributed by atoms with Crippen LogP contribution >= 0.6 is 0 Å². The molecule has 0 bridgehead atoms. The van der Waals surface area contributed by atoms with E-state index >= 15 is 0 Å². The highest BCUT2D eigenvalue weighted by atomic mass is 16.5. The van der Waals surface area contributed by atoms with Crippen LogP contribution < -0.4 is 15.1 Å². The van der Waals surface area contributed by atoms with Gasteiger partial charge in [0.2, 0.25) is 0 Å². The summed E-state index contributed by atoms with van der Waals surface area (Å²) >= 11 is 0. The van der Waals surface area contributed by atoms with Crippen molar-refractivity contribution in [1.82, 2.24) is 0 Å². The van der Waals surface area contributed by atoms with Gasteiger partial charge in [-0.2, -0.15) is 0 Å².